The Balaban J connectivity index is 1.50. The molecular formula is C30H25ClN4O6. The van der Waals surface area contributed by atoms with Crippen molar-refractivity contribution in [2.24, 2.45) is 0 Å². The van der Waals surface area contributed by atoms with Gasteiger partial charge in [0.1, 0.15) is 12.4 Å². The third-order valence-electron chi connectivity index (χ3n) is 6.93. The Kier molecular flexibility index (Phi) is 7.67. The number of rotatable bonds is 7. The van der Waals surface area contributed by atoms with Crippen molar-refractivity contribution in [3.63, 3.8) is 0 Å². The third kappa shape index (κ3) is 5.46. The van der Waals surface area contributed by atoms with Crippen LogP contribution in [-0.4, -0.2) is 33.2 Å². The molecule has 2 heterocycles. The van der Waals surface area contributed by atoms with E-state index in [9.17, 15) is 24.0 Å². The first-order valence-corrected chi connectivity index (χ1v) is 13.2. The van der Waals surface area contributed by atoms with E-state index in [2.05, 4.69) is 15.6 Å². The number of carbonyl (C=O) groups is 4. The monoisotopic (exact) mass is 572 g/mol. The fourth-order valence-corrected chi connectivity index (χ4v) is 4.96. The molecule has 5 rings (SSSR count). The lowest BCUT2D eigenvalue weighted by molar-refractivity contribution is -0.164. The number of hydrogen-bond acceptors (Lipinski definition) is 7. The highest BCUT2D eigenvalue weighted by atomic mass is 35.5. The smallest absolute Gasteiger partial charge is 0.342 e. The van der Waals surface area contributed by atoms with Gasteiger partial charge in [0.25, 0.3) is 17.4 Å². The van der Waals surface area contributed by atoms with Crippen LogP contribution in [0.2, 0.25) is 5.02 Å². The number of carbonyl (C=O) groups excluding carboxylic acids is 4. The predicted octanol–water partition coefficient (Wildman–Crippen LogP) is 3.16. The van der Waals surface area contributed by atoms with Crippen molar-refractivity contribution in [2.45, 2.75) is 38.5 Å². The molecule has 1 atom stereocenters. The third-order valence-corrected chi connectivity index (χ3v) is 7.19. The van der Waals surface area contributed by atoms with Gasteiger partial charge in [-0.1, -0.05) is 48.0 Å². The van der Waals surface area contributed by atoms with E-state index in [1.165, 1.54) is 6.92 Å². The van der Waals surface area contributed by atoms with E-state index in [0.29, 0.717) is 27.2 Å². The molecule has 208 valence electrons. The second kappa shape index (κ2) is 11.3. The van der Waals surface area contributed by atoms with Crippen LogP contribution in [0, 0.1) is 6.92 Å². The molecule has 4 aromatic rings. The number of fused-ring (bicyclic) bond motifs is 1. The summed E-state index contributed by atoms with van der Waals surface area (Å²) in [5, 5.41) is 5.62. The number of nitrogens with one attached hydrogen (secondary N) is 2. The van der Waals surface area contributed by atoms with Gasteiger partial charge in [-0.2, -0.15) is 0 Å². The van der Waals surface area contributed by atoms with Crippen LogP contribution >= 0.6 is 11.6 Å². The largest absolute Gasteiger partial charge is 0.459 e. The fourth-order valence-electron chi connectivity index (χ4n) is 4.83. The summed E-state index contributed by atoms with van der Waals surface area (Å²) in [6.07, 6.45) is -0.442. The summed E-state index contributed by atoms with van der Waals surface area (Å²) in [7, 11) is 0. The zero-order chi connectivity index (χ0) is 29.1. The lowest BCUT2D eigenvalue weighted by Gasteiger charge is -2.35. The number of imide groups is 1. The van der Waals surface area contributed by atoms with E-state index in [1.54, 1.807) is 66.7 Å². The van der Waals surface area contributed by atoms with Gasteiger partial charge in [0.2, 0.25) is 11.4 Å². The van der Waals surface area contributed by atoms with Crippen LogP contribution < -0.4 is 16.2 Å². The molecule has 0 radical (unpaired) electrons. The summed E-state index contributed by atoms with van der Waals surface area (Å²) < 4.78 is 6.55. The molecule has 1 unspecified atom stereocenters. The summed E-state index contributed by atoms with van der Waals surface area (Å²) in [6, 6.07) is 20.2. The van der Waals surface area contributed by atoms with E-state index in [1.807, 2.05) is 6.07 Å². The Morgan fingerprint density at radius 1 is 1.02 bits per heavy atom. The van der Waals surface area contributed by atoms with Crippen LogP contribution in [0.1, 0.15) is 40.2 Å². The minimum atomic E-state index is -2.14. The maximum absolute atomic E-state index is 14.0. The van der Waals surface area contributed by atoms with Crippen LogP contribution in [0.15, 0.2) is 77.6 Å². The average molecular weight is 573 g/mol. The molecule has 1 aliphatic rings. The summed E-state index contributed by atoms with van der Waals surface area (Å²) in [6.45, 7) is 1.48. The van der Waals surface area contributed by atoms with Gasteiger partial charge in [0, 0.05) is 23.6 Å². The van der Waals surface area contributed by atoms with Gasteiger partial charge in [-0.3, -0.25) is 29.1 Å². The van der Waals surface area contributed by atoms with E-state index >= 15 is 0 Å². The molecule has 1 fully saturated rings. The van der Waals surface area contributed by atoms with Crippen molar-refractivity contribution >= 4 is 46.2 Å². The number of benzene rings is 3. The standard InChI is InChI=1S/C30H25ClN4O6/c1-18-33-24-12-7-20(16-32-26(37)21-8-10-22(31)11-9-21)15-23(24)27(38)35(18)30(14-13-25(36)34-28(30)39)29(40)41-17-19-5-3-2-4-6-19/h2-12,15H,13-14,16-17H2,1H3,(H,32,37)(H,34,36,39). The zero-order valence-electron chi connectivity index (χ0n) is 22.0. The van der Waals surface area contributed by atoms with Crippen LogP contribution in [0.25, 0.3) is 10.9 Å². The van der Waals surface area contributed by atoms with E-state index in [4.69, 9.17) is 16.3 Å². The highest BCUT2D eigenvalue weighted by molar-refractivity contribution is 6.30. The molecule has 1 aliphatic heterocycles. The summed E-state index contributed by atoms with van der Waals surface area (Å²) >= 11 is 5.89. The molecule has 1 aromatic heterocycles. The molecule has 0 bridgehead atoms. The second-order valence-corrected chi connectivity index (χ2v) is 10.1. The van der Waals surface area contributed by atoms with Gasteiger partial charge >= 0.3 is 5.97 Å². The number of hydrogen-bond donors (Lipinski definition) is 2. The zero-order valence-corrected chi connectivity index (χ0v) is 22.7. The highest BCUT2D eigenvalue weighted by Gasteiger charge is 2.54. The predicted molar refractivity (Wildman–Crippen MR) is 150 cm³/mol. The molecule has 10 nitrogen and oxygen atoms in total. The van der Waals surface area contributed by atoms with E-state index < -0.39 is 28.9 Å². The molecule has 11 heteroatoms. The van der Waals surface area contributed by atoms with Crippen molar-refractivity contribution in [1.29, 1.82) is 0 Å². The van der Waals surface area contributed by atoms with Gasteiger partial charge in [0.05, 0.1) is 10.9 Å². The number of aromatic nitrogens is 2. The normalized spacial score (nSPS) is 16.7. The van der Waals surface area contributed by atoms with Gasteiger partial charge in [-0.25, -0.2) is 9.78 Å². The van der Waals surface area contributed by atoms with Crippen LogP contribution in [-0.2, 0) is 37.8 Å². The van der Waals surface area contributed by atoms with Crippen molar-refractivity contribution in [3.8, 4) is 0 Å². The maximum atomic E-state index is 14.0. The Hall–Kier alpha value is -4.83. The molecule has 2 N–H and O–H groups in total. The first kappa shape index (κ1) is 27.7. The molecular weight excluding hydrogens is 548 g/mol. The number of nitrogens with zero attached hydrogens (tertiary/aromatic N) is 2. The number of piperidine rings is 1. The topological polar surface area (TPSA) is 136 Å². The minimum absolute atomic E-state index is 0.101. The maximum Gasteiger partial charge on any atom is 0.342 e. The second-order valence-electron chi connectivity index (χ2n) is 9.64. The number of esters is 1. The molecule has 41 heavy (non-hydrogen) atoms. The van der Waals surface area contributed by atoms with E-state index in [-0.39, 0.29) is 43.1 Å². The molecule has 0 spiro atoms. The number of ether oxygens (including phenoxy) is 1. The van der Waals surface area contributed by atoms with Gasteiger partial charge in [0.15, 0.2) is 0 Å². The SMILES string of the molecule is Cc1nc2ccc(CNC(=O)c3ccc(Cl)cc3)cc2c(=O)n1C1(C(=O)OCc2ccccc2)CCC(=O)NC1=O. The highest BCUT2D eigenvalue weighted by Crippen LogP contribution is 2.30. The quantitative estimate of drug-likeness (QED) is 0.197. The van der Waals surface area contributed by atoms with Gasteiger partial charge in [-0.15, -0.1) is 0 Å². The van der Waals surface area contributed by atoms with Gasteiger partial charge < -0.3 is 10.1 Å². The Labute approximate surface area is 239 Å². The van der Waals surface area contributed by atoms with Crippen molar-refractivity contribution < 1.29 is 23.9 Å². The Bertz CT molecular complexity index is 1740. The molecule has 3 amide bonds. The van der Waals surface area contributed by atoms with Crippen LogP contribution in [0.4, 0.5) is 0 Å². The number of aryl methyl sites for hydroxylation is 1. The first-order chi connectivity index (χ1) is 19.7. The molecule has 3 aromatic carbocycles. The average Bonchev–Trinajstić information content (AvgIpc) is 2.97. The summed E-state index contributed by atoms with van der Waals surface area (Å²) in [5.41, 5.74) is -0.740. The number of halogens is 1. The summed E-state index contributed by atoms with van der Waals surface area (Å²) in [4.78, 5) is 70.0. The lowest BCUT2D eigenvalue weighted by atomic mass is 9.87. The summed E-state index contributed by atoms with van der Waals surface area (Å²) in [5.74, 6) is -2.70. The first-order valence-electron chi connectivity index (χ1n) is 12.8. The van der Waals surface area contributed by atoms with Crippen LogP contribution in [0.5, 0.6) is 0 Å². The molecule has 1 saturated heterocycles. The Morgan fingerprint density at radius 3 is 2.46 bits per heavy atom. The molecule has 0 aliphatic carbocycles. The van der Waals surface area contributed by atoms with Crippen LogP contribution in [0.3, 0.4) is 0 Å². The van der Waals surface area contributed by atoms with Crippen molar-refractivity contribution in [2.75, 3.05) is 0 Å². The lowest BCUT2D eigenvalue weighted by Crippen LogP contribution is -2.62. The minimum Gasteiger partial charge on any atom is -0.459 e. The fraction of sp³-hybridized carbons (Fsp3) is 0.200. The van der Waals surface area contributed by atoms with Gasteiger partial charge in [-0.05, 0) is 60.9 Å². The Morgan fingerprint density at radius 2 is 1.76 bits per heavy atom. The van der Waals surface area contributed by atoms with Crippen molar-refractivity contribution in [3.05, 3.63) is 111 Å². The van der Waals surface area contributed by atoms with Crippen molar-refractivity contribution in [1.82, 2.24) is 20.2 Å². The molecule has 0 saturated carbocycles. The van der Waals surface area contributed by atoms with E-state index in [0.717, 1.165) is 4.57 Å². The number of amides is 3.